The lowest BCUT2D eigenvalue weighted by Gasteiger charge is -2.14. The molecule has 32 heavy (non-hydrogen) atoms. The van der Waals surface area contributed by atoms with E-state index in [9.17, 15) is 22.7 Å². The van der Waals surface area contributed by atoms with E-state index in [2.05, 4.69) is 15.2 Å². The summed E-state index contributed by atoms with van der Waals surface area (Å²) in [6.45, 7) is 2.02. The van der Waals surface area contributed by atoms with Crippen LogP contribution < -0.4 is 10.6 Å². The van der Waals surface area contributed by atoms with Gasteiger partial charge in [0.25, 0.3) is 0 Å². The average Bonchev–Trinajstić information content (AvgIpc) is 3.36. The van der Waals surface area contributed by atoms with Crippen molar-refractivity contribution in [3.63, 3.8) is 0 Å². The number of aromatic nitrogens is 1. The van der Waals surface area contributed by atoms with E-state index in [1.807, 2.05) is 6.92 Å². The van der Waals surface area contributed by atoms with Gasteiger partial charge in [-0.05, 0) is 47.0 Å². The summed E-state index contributed by atoms with van der Waals surface area (Å²) in [5.41, 5.74) is 0.0453. The first-order chi connectivity index (χ1) is 15.3. The molecule has 4 rings (SSSR count). The maximum atomic E-state index is 13.6. The molecule has 0 fully saturated rings. The Labute approximate surface area is 189 Å². The first kappa shape index (κ1) is 22.5. The molecule has 0 spiro atoms. The molecule has 0 unspecified atom stereocenters. The number of fused-ring (bicyclic) bond motifs is 1. The molecule has 0 amide bonds. The summed E-state index contributed by atoms with van der Waals surface area (Å²) in [6.07, 6.45) is -2.42. The van der Waals surface area contributed by atoms with Crippen LogP contribution >= 0.6 is 23.1 Å². The van der Waals surface area contributed by atoms with Gasteiger partial charge in [-0.1, -0.05) is 30.8 Å². The highest BCUT2D eigenvalue weighted by molar-refractivity contribution is 8.01. The second-order valence-corrected chi connectivity index (χ2v) is 9.39. The first-order valence-electron chi connectivity index (χ1n) is 9.69. The minimum atomic E-state index is -4.72. The van der Waals surface area contributed by atoms with Gasteiger partial charge in [0, 0.05) is 17.7 Å². The summed E-state index contributed by atoms with van der Waals surface area (Å²) in [4.78, 5) is 4.57. The van der Waals surface area contributed by atoms with Crippen molar-refractivity contribution in [1.29, 1.82) is 0 Å². The molecule has 3 aromatic rings. The molecule has 0 radical (unpaired) electrons. The maximum Gasteiger partial charge on any atom is 0.416 e. The zero-order chi connectivity index (χ0) is 22.9. The second kappa shape index (κ2) is 9.03. The number of hydrogen-bond donors (Lipinski definition) is 1. The van der Waals surface area contributed by atoms with Crippen LogP contribution in [0.5, 0.6) is 5.88 Å². The van der Waals surface area contributed by atoms with Gasteiger partial charge >= 0.3 is 6.18 Å². The summed E-state index contributed by atoms with van der Waals surface area (Å²) in [5, 5.41) is 19.6. The van der Waals surface area contributed by atoms with Crippen molar-refractivity contribution in [3.05, 3.63) is 74.4 Å². The minimum absolute atomic E-state index is 0.0942. The van der Waals surface area contributed by atoms with Crippen LogP contribution in [0.3, 0.4) is 0 Å². The Bertz CT molecular complexity index is 1320. The van der Waals surface area contributed by atoms with Crippen molar-refractivity contribution in [2.24, 2.45) is 10.2 Å². The fraction of sp³-hybridized carbons (Fsp3) is 0.227. The van der Waals surface area contributed by atoms with Crippen molar-refractivity contribution >= 4 is 34.9 Å². The standard InChI is InChI=1S/C22H17F4N3OS2/c1-2-7-31-21-28-20(30)19(32-21)16(12-4-6-18-14(8-12)11-27-29-18)9-13-3-5-15(23)10-17(13)22(24,25)26/h3-6,8,10-11,30H,2,7,9H2,1H3. The molecule has 1 aliphatic heterocycles. The molecule has 10 heteroatoms. The number of aromatic hydroxyl groups is 1. The van der Waals surface area contributed by atoms with Crippen LogP contribution in [0.2, 0.25) is 0 Å². The van der Waals surface area contributed by atoms with Crippen molar-refractivity contribution in [3.8, 4) is 5.88 Å². The van der Waals surface area contributed by atoms with Crippen LogP contribution in [0.4, 0.5) is 17.6 Å². The molecule has 0 saturated heterocycles. The molecular formula is C22H17F4N3OS2. The quantitative estimate of drug-likeness (QED) is 0.404. The molecule has 1 aliphatic rings. The fourth-order valence-electron chi connectivity index (χ4n) is 3.30. The molecule has 0 aliphatic carbocycles. The summed E-state index contributed by atoms with van der Waals surface area (Å²) in [6, 6.07) is 7.84. The average molecular weight is 480 g/mol. The fourth-order valence-corrected chi connectivity index (χ4v) is 5.32. The van der Waals surface area contributed by atoms with Crippen LogP contribution in [0, 0.1) is 5.82 Å². The molecule has 2 heterocycles. The van der Waals surface area contributed by atoms with Gasteiger partial charge in [0.05, 0.1) is 22.0 Å². The number of rotatable bonds is 6. The van der Waals surface area contributed by atoms with Crippen molar-refractivity contribution < 1.29 is 22.7 Å². The highest BCUT2D eigenvalue weighted by atomic mass is 32.2. The topological polar surface area (TPSA) is 57.8 Å². The molecule has 0 atom stereocenters. The third-order valence-corrected chi connectivity index (χ3v) is 7.23. The first-order valence-corrected chi connectivity index (χ1v) is 11.5. The zero-order valence-corrected chi connectivity index (χ0v) is 18.4. The van der Waals surface area contributed by atoms with Crippen LogP contribution in [0.15, 0.2) is 50.9 Å². The van der Waals surface area contributed by atoms with E-state index < -0.39 is 17.6 Å². The monoisotopic (exact) mass is 479 g/mol. The molecule has 2 aromatic carbocycles. The van der Waals surface area contributed by atoms with Crippen molar-refractivity contribution in [2.75, 3.05) is 5.75 Å². The van der Waals surface area contributed by atoms with E-state index in [0.717, 1.165) is 29.9 Å². The van der Waals surface area contributed by atoms with E-state index in [4.69, 9.17) is 0 Å². The summed E-state index contributed by atoms with van der Waals surface area (Å²) < 4.78 is 55.1. The van der Waals surface area contributed by atoms with Gasteiger partial charge in [-0.3, -0.25) is 0 Å². The van der Waals surface area contributed by atoms with Gasteiger partial charge in [-0.25, -0.2) is 4.39 Å². The van der Waals surface area contributed by atoms with E-state index in [1.54, 1.807) is 24.4 Å². The highest BCUT2D eigenvalue weighted by Gasteiger charge is 2.34. The number of thioether (sulfide) groups is 1. The van der Waals surface area contributed by atoms with Crippen LogP contribution in [0.1, 0.15) is 34.9 Å². The number of hydrogen-bond acceptors (Lipinski definition) is 6. The van der Waals surface area contributed by atoms with Crippen molar-refractivity contribution in [1.82, 2.24) is 4.98 Å². The van der Waals surface area contributed by atoms with Crippen LogP contribution in [-0.4, -0.2) is 22.1 Å². The summed E-state index contributed by atoms with van der Waals surface area (Å²) in [5.74, 6) is -0.399. The Morgan fingerprint density at radius 3 is 2.72 bits per heavy atom. The molecule has 4 nitrogen and oxygen atoms in total. The second-order valence-electron chi connectivity index (χ2n) is 7.05. The molecule has 0 bridgehead atoms. The van der Waals surface area contributed by atoms with Gasteiger partial charge in [0.15, 0.2) is 4.34 Å². The Morgan fingerprint density at radius 1 is 1.16 bits per heavy atom. The number of benzene rings is 2. The predicted octanol–water partition coefficient (Wildman–Crippen LogP) is 4.92. The lowest BCUT2D eigenvalue weighted by Crippen LogP contribution is -2.17. The molecule has 166 valence electrons. The largest absolute Gasteiger partial charge is 0.492 e. The number of alkyl halides is 3. The summed E-state index contributed by atoms with van der Waals surface area (Å²) in [7, 11) is 0. The highest BCUT2D eigenvalue weighted by Crippen LogP contribution is 2.39. The van der Waals surface area contributed by atoms with Crippen molar-refractivity contribution in [2.45, 2.75) is 30.3 Å². The third kappa shape index (κ3) is 4.71. The lowest BCUT2D eigenvalue weighted by molar-refractivity contribution is -0.138. The van der Waals surface area contributed by atoms with Gasteiger partial charge in [0.1, 0.15) is 5.82 Å². The number of nitrogens with zero attached hydrogens (tertiary/aromatic N) is 3. The normalized spacial score (nSPS) is 13.8. The Kier molecular flexibility index (Phi) is 6.34. The SMILES string of the molecule is CCCSc1nc(O)c(C(Cc2ccc(F)cc2C(F)(F)F)=c2ccc3c(c2)C=NN=3)s1. The van der Waals surface area contributed by atoms with E-state index in [0.29, 0.717) is 31.4 Å². The summed E-state index contributed by atoms with van der Waals surface area (Å²) >= 11 is 2.70. The van der Waals surface area contributed by atoms with Gasteiger partial charge in [-0.15, -0.1) is 11.3 Å². The molecular weight excluding hydrogens is 462 g/mol. The minimum Gasteiger partial charge on any atom is -0.492 e. The van der Waals surface area contributed by atoms with E-state index in [1.165, 1.54) is 23.1 Å². The van der Waals surface area contributed by atoms with E-state index >= 15 is 0 Å². The predicted molar refractivity (Wildman–Crippen MR) is 117 cm³/mol. The van der Waals surface area contributed by atoms with Gasteiger partial charge in [-0.2, -0.15) is 28.4 Å². The maximum absolute atomic E-state index is 13.6. The number of halogens is 4. The zero-order valence-electron chi connectivity index (χ0n) is 16.8. The van der Waals surface area contributed by atoms with E-state index in [-0.39, 0.29) is 17.9 Å². The van der Waals surface area contributed by atoms with Gasteiger partial charge < -0.3 is 5.11 Å². The van der Waals surface area contributed by atoms with Crippen LogP contribution in [0.25, 0.3) is 5.57 Å². The Balaban J connectivity index is 1.90. The Morgan fingerprint density at radius 2 is 1.97 bits per heavy atom. The number of thiazole rings is 1. The third-order valence-electron chi connectivity index (χ3n) is 4.78. The molecule has 1 aromatic heterocycles. The molecule has 0 saturated carbocycles. The van der Waals surface area contributed by atoms with Gasteiger partial charge in [0.2, 0.25) is 5.88 Å². The van der Waals surface area contributed by atoms with Crippen LogP contribution in [-0.2, 0) is 12.6 Å². The molecule has 1 N–H and O–H groups in total. The lowest BCUT2D eigenvalue weighted by atomic mass is 9.96. The Hall–Kier alpha value is -2.72. The smallest absolute Gasteiger partial charge is 0.416 e.